The van der Waals surface area contributed by atoms with Crippen molar-refractivity contribution in [3.8, 4) is 0 Å². The zero-order chi connectivity index (χ0) is 21.4. The van der Waals surface area contributed by atoms with Gasteiger partial charge in [-0.1, -0.05) is 54.4 Å². The first kappa shape index (κ1) is 23.6. The van der Waals surface area contributed by atoms with E-state index in [0.29, 0.717) is 22.0 Å². The SMILES string of the molecule is CC[C@H](C(=O)NC(C)C)N(Cc1c(Cl)cccc1Cl)C(=O)CSc1ccccc1. The molecule has 0 aliphatic heterocycles. The highest BCUT2D eigenvalue weighted by atomic mass is 35.5. The van der Waals surface area contributed by atoms with Gasteiger partial charge in [0.05, 0.1) is 5.75 Å². The number of hydrogen-bond donors (Lipinski definition) is 1. The van der Waals surface area contributed by atoms with Gasteiger partial charge in [0.25, 0.3) is 0 Å². The molecule has 0 fully saturated rings. The summed E-state index contributed by atoms with van der Waals surface area (Å²) in [6, 6.07) is 14.3. The lowest BCUT2D eigenvalue weighted by Gasteiger charge is -2.31. The fourth-order valence-corrected chi connectivity index (χ4v) is 4.22. The summed E-state index contributed by atoms with van der Waals surface area (Å²) in [5.74, 6) is -0.0956. The standard InChI is InChI=1S/C22H26Cl2N2O2S/c1-4-20(22(28)25-15(2)3)26(13-17-18(23)11-8-12-19(17)24)21(27)14-29-16-9-6-5-7-10-16/h5-12,15,20H,4,13-14H2,1-3H3,(H,25,28)/t20-/m1/s1. The maximum absolute atomic E-state index is 13.2. The number of amides is 2. The van der Waals surface area contributed by atoms with Gasteiger partial charge in [-0.2, -0.15) is 0 Å². The lowest BCUT2D eigenvalue weighted by Crippen LogP contribution is -2.51. The van der Waals surface area contributed by atoms with Crippen LogP contribution in [0.25, 0.3) is 0 Å². The molecule has 0 saturated carbocycles. The number of hydrogen-bond acceptors (Lipinski definition) is 3. The van der Waals surface area contributed by atoms with Crippen LogP contribution >= 0.6 is 35.0 Å². The highest BCUT2D eigenvalue weighted by molar-refractivity contribution is 8.00. The van der Waals surface area contributed by atoms with E-state index in [0.717, 1.165) is 4.90 Å². The molecule has 0 aliphatic rings. The van der Waals surface area contributed by atoms with Crippen molar-refractivity contribution in [2.75, 3.05) is 5.75 Å². The molecule has 0 aromatic heterocycles. The normalized spacial score (nSPS) is 11.9. The molecule has 0 radical (unpaired) electrons. The molecule has 1 N–H and O–H groups in total. The van der Waals surface area contributed by atoms with Crippen LogP contribution in [0.4, 0.5) is 0 Å². The number of benzene rings is 2. The van der Waals surface area contributed by atoms with Crippen LogP contribution in [0.15, 0.2) is 53.4 Å². The third-order valence-corrected chi connectivity index (χ3v) is 6.02. The van der Waals surface area contributed by atoms with E-state index in [1.165, 1.54) is 11.8 Å². The Labute approximate surface area is 187 Å². The van der Waals surface area contributed by atoms with Gasteiger partial charge in [-0.25, -0.2) is 0 Å². The Morgan fingerprint density at radius 3 is 2.21 bits per heavy atom. The molecule has 0 bridgehead atoms. The van der Waals surface area contributed by atoms with Gasteiger partial charge in [0.15, 0.2) is 0 Å². The van der Waals surface area contributed by atoms with E-state index in [1.54, 1.807) is 23.1 Å². The van der Waals surface area contributed by atoms with Crippen LogP contribution in [0.2, 0.25) is 10.0 Å². The summed E-state index contributed by atoms with van der Waals surface area (Å²) in [7, 11) is 0. The van der Waals surface area contributed by atoms with E-state index >= 15 is 0 Å². The number of carbonyl (C=O) groups is 2. The molecule has 156 valence electrons. The van der Waals surface area contributed by atoms with Gasteiger partial charge in [0, 0.05) is 33.1 Å². The van der Waals surface area contributed by atoms with Crippen LogP contribution in [0.1, 0.15) is 32.8 Å². The van der Waals surface area contributed by atoms with Crippen molar-refractivity contribution in [1.29, 1.82) is 0 Å². The summed E-state index contributed by atoms with van der Waals surface area (Å²) >= 11 is 14.1. The molecule has 7 heteroatoms. The lowest BCUT2D eigenvalue weighted by atomic mass is 10.1. The van der Waals surface area contributed by atoms with Crippen LogP contribution < -0.4 is 5.32 Å². The predicted octanol–water partition coefficient (Wildman–Crippen LogP) is 5.42. The number of nitrogens with one attached hydrogen (secondary N) is 1. The van der Waals surface area contributed by atoms with Crippen molar-refractivity contribution < 1.29 is 9.59 Å². The fraction of sp³-hybridized carbons (Fsp3) is 0.364. The summed E-state index contributed by atoms with van der Waals surface area (Å²) in [4.78, 5) is 28.5. The Morgan fingerprint density at radius 1 is 1.03 bits per heavy atom. The van der Waals surface area contributed by atoms with E-state index in [4.69, 9.17) is 23.2 Å². The Morgan fingerprint density at radius 2 is 1.66 bits per heavy atom. The highest BCUT2D eigenvalue weighted by Crippen LogP contribution is 2.28. The Bertz CT molecular complexity index is 811. The van der Waals surface area contributed by atoms with E-state index in [9.17, 15) is 9.59 Å². The van der Waals surface area contributed by atoms with Crippen LogP contribution in [0.3, 0.4) is 0 Å². The van der Waals surface area contributed by atoms with Crippen molar-refractivity contribution in [3.63, 3.8) is 0 Å². The molecule has 0 spiro atoms. The van der Waals surface area contributed by atoms with Crippen LogP contribution in [-0.4, -0.2) is 34.6 Å². The van der Waals surface area contributed by atoms with E-state index in [2.05, 4.69) is 5.32 Å². The maximum atomic E-state index is 13.2. The maximum Gasteiger partial charge on any atom is 0.243 e. The monoisotopic (exact) mass is 452 g/mol. The fourth-order valence-electron chi connectivity index (χ4n) is 2.90. The number of carbonyl (C=O) groups excluding carboxylic acids is 2. The molecule has 0 saturated heterocycles. The zero-order valence-corrected chi connectivity index (χ0v) is 19.2. The van der Waals surface area contributed by atoms with E-state index in [1.807, 2.05) is 51.1 Å². The minimum absolute atomic E-state index is 0.0175. The Hall–Kier alpha value is -1.69. The minimum atomic E-state index is -0.603. The molecule has 2 amide bonds. The smallest absolute Gasteiger partial charge is 0.243 e. The summed E-state index contributed by atoms with van der Waals surface area (Å²) in [6.45, 7) is 5.86. The van der Waals surface area contributed by atoms with Gasteiger partial charge in [-0.05, 0) is 44.5 Å². The molecule has 0 unspecified atom stereocenters. The summed E-state index contributed by atoms with van der Waals surface area (Å²) < 4.78 is 0. The largest absolute Gasteiger partial charge is 0.352 e. The van der Waals surface area contributed by atoms with Crippen LogP contribution in [-0.2, 0) is 16.1 Å². The molecule has 2 aromatic carbocycles. The van der Waals surface area contributed by atoms with Crippen molar-refractivity contribution in [2.45, 2.75) is 50.7 Å². The zero-order valence-electron chi connectivity index (χ0n) is 16.8. The van der Waals surface area contributed by atoms with Crippen molar-refractivity contribution in [1.82, 2.24) is 10.2 Å². The molecule has 29 heavy (non-hydrogen) atoms. The summed E-state index contributed by atoms with van der Waals surface area (Å²) in [5, 5.41) is 3.87. The first-order chi connectivity index (χ1) is 13.8. The molecule has 4 nitrogen and oxygen atoms in total. The first-order valence-electron chi connectivity index (χ1n) is 9.54. The number of halogens is 2. The molecule has 2 aromatic rings. The second-order valence-corrected chi connectivity index (χ2v) is 8.77. The second-order valence-electron chi connectivity index (χ2n) is 6.91. The van der Waals surface area contributed by atoms with Gasteiger partial charge in [-0.15, -0.1) is 11.8 Å². The number of nitrogens with zero attached hydrogens (tertiary/aromatic N) is 1. The van der Waals surface area contributed by atoms with Crippen LogP contribution in [0, 0.1) is 0 Å². The first-order valence-corrected chi connectivity index (χ1v) is 11.3. The topological polar surface area (TPSA) is 49.4 Å². The molecule has 0 heterocycles. The molecule has 1 atom stereocenters. The van der Waals surface area contributed by atoms with Crippen LogP contribution in [0.5, 0.6) is 0 Å². The van der Waals surface area contributed by atoms with E-state index in [-0.39, 0.29) is 30.2 Å². The van der Waals surface area contributed by atoms with Crippen molar-refractivity contribution >= 4 is 46.8 Å². The van der Waals surface area contributed by atoms with Gasteiger partial charge >= 0.3 is 0 Å². The molecular formula is C22H26Cl2N2O2S. The average molecular weight is 453 g/mol. The second kappa shape index (κ2) is 11.5. The minimum Gasteiger partial charge on any atom is -0.352 e. The van der Waals surface area contributed by atoms with Gasteiger partial charge in [0.1, 0.15) is 6.04 Å². The molecule has 0 aliphatic carbocycles. The summed E-state index contributed by atoms with van der Waals surface area (Å²) in [6.07, 6.45) is 0.488. The lowest BCUT2D eigenvalue weighted by molar-refractivity contribution is -0.139. The quantitative estimate of drug-likeness (QED) is 0.516. The predicted molar refractivity (Wildman–Crippen MR) is 122 cm³/mol. The van der Waals surface area contributed by atoms with Gasteiger partial charge < -0.3 is 10.2 Å². The van der Waals surface area contributed by atoms with Gasteiger partial charge in [0.2, 0.25) is 11.8 Å². The third-order valence-electron chi connectivity index (χ3n) is 4.31. The highest BCUT2D eigenvalue weighted by Gasteiger charge is 2.30. The van der Waals surface area contributed by atoms with Gasteiger partial charge in [-0.3, -0.25) is 9.59 Å². The number of rotatable bonds is 9. The van der Waals surface area contributed by atoms with Crippen molar-refractivity contribution in [3.05, 3.63) is 64.1 Å². The summed E-state index contributed by atoms with van der Waals surface area (Å²) in [5.41, 5.74) is 0.643. The number of thioether (sulfide) groups is 1. The third kappa shape index (κ3) is 6.95. The van der Waals surface area contributed by atoms with E-state index < -0.39 is 6.04 Å². The molecular weight excluding hydrogens is 427 g/mol. The molecule has 2 rings (SSSR count). The Balaban J connectivity index is 2.27. The average Bonchev–Trinajstić information content (AvgIpc) is 2.68. The Kier molecular flexibility index (Phi) is 9.34. The van der Waals surface area contributed by atoms with Crippen molar-refractivity contribution in [2.24, 2.45) is 0 Å².